The van der Waals surface area contributed by atoms with Crippen LogP contribution in [0.25, 0.3) is 33.2 Å². The van der Waals surface area contributed by atoms with E-state index in [0.29, 0.717) is 22.8 Å². The Bertz CT molecular complexity index is 1370. The highest BCUT2D eigenvalue weighted by Crippen LogP contribution is 2.33. The molecule has 0 radical (unpaired) electrons. The lowest BCUT2D eigenvalue weighted by Gasteiger charge is -2.02. The molecular weight excluding hydrogens is 386 g/mol. The van der Waals surface area contributed by atoms with Gasteiger partial charge in [0.1, 0.15) is 5.69 Å². The molecule has 0 unspecified atom stereocenters. The zero-order valence-corrected chi connectivity index (χ0v) is 16.3. The Labute approximate surface area is 171 Å². The van der Waals surface area contributed by atoms with Gasteiger partial charge >= 0.3 is 0 Å². The third kappa shape index (κ3) is 3.17. The number of aromatic amines is 2. The number of ketones is 1. The molecular formula is C22H16ClN5O. The van der Waals surface area contributed by atoms with E-state index < -0.39 is 0 Å². The molecule has 7 heteroatoms. The summed E-state index contributed by atoms with van der Waals surface area (Å²) in [4.78, 5) is 24.5. The van der Waals surface area contributed by atoms with Gasteiger partial charge in [-0.25, -0.2) is 4.98 Å². The highest BCUT2D eigenvalue weighted by atomic mass is 35.5. The number of aryl methyl sites for hydroxylation is 1. The molecule has 0 amide bonds. The van der Waals surface area contributed by atoms with Crippen molar-refractivity contribution in [2.75, 3.05) is 0 Å². The molecule has 29 heavy (non-hydrogen) atoms. The molecule has 0 saturated heterocycles. The minimum atomic E-state index is -0.0535. The van der Waals surface area contributed by atoms with Crippen molar-refractivity contribution >= 4 is 39.3 Å². The van der Waals surface area contributed by atoms with Crippen LogP contribution in [0.1, 0.15) is 21.9 Å². The van der Waals surface area contributed by atoms with Crippen LogP contribution < -0.4 is 0 Å². The smallest absolute Gasteiger partial charge is 0.202 e. The van der Waals surface area contributed by atoms with Gasteiger partial charge in [0.05, 0.1) is 21.6 Å². The third-order valence-corrected chi connectivity index (χ3v) is 5.18. The number of carbonyl (C=O) groups excluding carboxylic acids is 1. The van der Waals surface area contributed by atoms with Crippen LogP contribution in [-0.2, 0) is 6.42 Å². The van der Waals surface area contributed by atoms with Gasteiger partial charge in [0.25, 0.3) is 0 Å². The molecule has 6 nitrogen and oxygen atoms in total. The Morgan fingerprint density at radius 3 is 2.76 bits per heavy atom. The van der Waals surface area contributed by atoms with Crippen molar-refractivity contribution in [2.24, 2.45) is 0 Å². The summed E-state index contributed by atoms with van der Waals surface area (Å²) >= 11 is 6.35. The fourth-order valence-corrected chi connectivity index (χ4v) is 3.64. The molecule has 0 bridgehead atoms. The SMILES string of the molecule is Cc1cc(-c2n[nH]c3cc4[nH]c(C(=O)Cc5ccccc5)nc4cc23)c(Cl)cn1. The first-order chi connectivity index (χ1) is 14.1. The van der Waals surface area contributed by atoms with Crippen molar-refractivity contribution in [3.05, 3.63) is 76.8 Å². The fourth-order valence-electron chi connectivity index (χ4n) is 3.45. The number of fused-ring (bicyclic) bond motifs is 2. The standard InChI is InChI=1S/C22H16ClN5O/c1-12-7-14(16(23)11-24-12)21-15-9-18-19(10-17(15)27-28-21)26-22(25-18)20(29)8-13-5-3-2-4-6-13/h2-7,9-11H,8H2,1H3,(H,25,26)(H,27,28). The van der Waals surface area contributed by atoms with E-state index in [-0.39, 0.29) is 5.78 Å². The van der Waals surface area contributed by atoms with E-state index in [1.54, 1.807) is 6.20 Å². The van der Waals surface area contributed by atoms with Crippen LogP contribution in [-0.4, -0.2) is 30.9 Å². The summed E-state index contributed by atoms with van der Waals surface area (Å²) in [6.45, 7) is 1.91. The summed E-state index contributed by atoms with van der Waals surface area (Å²) < 4.78 is 0. The summed E-state index contributed by atoms with van der Waals surface area (Å²) in [5.74, 6) is 0.297. The predicted octanol–water partition coefficient (Wildman–Crippen LogP) is 4.89. The lowest BCUT2D eigenvalue weighted by molar-refractivity contribution is 0.0984. The minimum Gasteiger partial charge on any atom is -0.335 e. The van der Waals surface area contributed by atoms with E-state index in [1.807, 2.05) is 55.5 Å². The summed E-state index contributed by atoms with van der Waals surface area (Å²) in [7, 11) is 0. The first-order valence-corrected chi connectivity index (χ1v) is 9.54. The largest absolute Gasteiger partial charge is 0.335 e. The zero-order chi connectivity index (χ0) is 20.0. The maximum absolute atomic E-state index is 12.6. The molecule has 3 aromatic heterocycles. The monoisotopic (exact) mass is 401 g/mol. The maximum atomic E-state index is 12.6. The van der Waals surface area contributed by atoms with E-state index in [9.17, 15) is 4.79 Å². The number of H-pyrrole nitrogens is 2. The number of nitrogens with one attached hydrogen (secondary N) is 2. The molecule has 2 aromatic carbocycles. The number of imidazole rings is 1. The summed E-state index contributed by atoms with van der Waals surface area (Å²) in [6, 6.07) is 15.4. The molecule has 2 N–H and O–H groups in total. The molecule has 0 atom stereocenters. The average Bonchev–Trinajstić information content (AvgIpc) is 3.32. The van der Waals surface area contributed by atoms with Crippen LogP contribution in [0.15, 0.2) is 54.7 Å². The topological polar surface area (TPSA) is 87.3 Å². The number of hydrogen-bond donors (Lipinski definition) is 2. The Morgan fingerprint density at radius 1 is 1.10 bits per heavy atom. The number of rotatable bonds is 4. The predicted molar refractivity (Wildman–Crippen MR) is 113 cm³/mol. The van der Waals surface area contributed by atoms with Gasteiger partial charge < -0.3 is 4.98 Å². The number of aromatic nitrogens is 5. The Morgan fingerprint density at radius 2 is 1.93 bits per heavy atom. The van der Waals surface area contributed by atoms with Gasteiger partial charge in [-0.05, 0) is 30.7 Å². The van der Waals surface area contributed by atoms with E-state index >= 15 is 0 Å². The summed E-state index contributed by atoms with van der Waals surface area (Å²) in [5, 5.41) is 8.90. The van der Waals surface area contributed by atoms with Crippen molar-refractivity contribution in [1.82, 2.24) is 25.1 Å². The first-order valence-electron chi connectivity index (χ1n) is 9.16. The van der Waals surface area contributed by atoms with Gasteiger partial charge in [-0.3, -0.25) is 14.9 Å². The molecule has 0 saturated carbocycles. The van der Waals surface area contributed by atoms with E-state index in [4.69, 9.17) is 11.6 Å². The molecule has 5 aromatic rings. The molecule has 0 aliphatic rings. The van der Waals surface area contributed by atoms with Crippen molar-refractivity contribution in [3.8, 4) is 11.3 Å². The van der Waals surface area contributed by atoms with Gasteiger partial charge in [0.15, 0.2) is 5.82 Å². The van der Waals surface area contributed by atoms with Crippen LogP contribution >= 0.6 is 11.6 Å². The molecule has 3 heterocycles. The maximum Gasteiger partial charge on any atom is 0.202 e. The average molecular weight is 402 g/mol. The van der Waals surface area contributed by atoms with Crippen LogP contribution in [0.4, 0.5) is 0 Å². The molecule has 0 fully saturated rings. The number of nitrogens with zero attached hydrogens (tertiary/aromatic N) is 3. The van der Waals surface area contributed by atoms with Crippen molar-refractivity contribution in [3.63, 3.8) is 0 Å². The van der Waals surface area contributed by atoms with Gasteiger partial charge in [-0.15, -0.1) is 0 Å². The van der Waals surface area contributed by atoms with Crippen molar-refractivity contribution in [1.29, 1.82) is 0 Å². The second-order valence-electron chi connectivity index (χ2n) is 6.96. The molecule has 0 spiro atoms. The Kier molecular flexibility index (Phi) is 4.14. The number of carbonyl (C=O) groups is 1. The second kappa shape index (κ2) is 6.83. The minimum absolute atomic E-state index is 0.0535. The second-order valence-corrected chi connectivity index (χ2v) is 7.37. The number of halogens is 1. The van der Waals surface area contributed by atoms with Crippen LogP contribution in [0.3, 0.4) is 0 Å². The number of hydrogen-bond acceptors (Lipinski definition) is 4. The lowest BCUT2D eigenvalue weighted by Crippen LogP contribution is -2.05. The molecule has 142 valence electrons. The van der Waals surface area contributed by atoms with Gasteiger partial charge in [0, 0.05) is 29.3 Å². The Hall–Kier alpha value is -3.51. The summed E-state index contributed by atoms with van der Waals surface area (Å²) in [6.07, 6.45) is 1.93. The molecule has 5 rings (SSSR count). The number of pyridine rings is 1. The molecule has 0 aliphatic carbocycles. The molecule has 0 aliphatic heterocycles. The fraction of sp³-hybridized carbons (Fsp3) is 0.0909. The van der Waals surface area contributed by atoms with Crippen molar-refractivity contribution in [2.45, 2.75) is 13.3 Å². The summed E-state index contributed by atoms with van der Waals surface area (Å²) in [5.41, 5.74) is 5.68. The zero-order valence-electron chi connectivity index (χ0n) is 15.5. The van der Waals surface area contributed by atoms with E-state index in [0.717, 1.165) is 38.9 Å². The van der Waals surface area contributed by atoms with Crippen LogP contribution in [0.5, 0.6) is 0 Å². The lowest BCUT2D eigenvalue weighted by atomic mass is 10.1. The highest BCUT2D eigenvalue weighted by molar-refractivity contribution is 6.33. The van der Waals surface area contributed by atoms with Gasteiger partial charge in [0.2, 0.25) is 5.78 Å². The first kappa shape index (κ1) is 17.6. The quantitative estimate of drug-likeness (QED) is 0.420. The van der Waals surface area contributed by atoms with Crippen LogP contribution in [0.2, 0.25) is 5.02 Å². The van der Waals surface area contributed by atoms with E-state index in [1.165, 1.54) is 0 Å². The van der Waals surface area contributed by atoms with Gasteiger partial charge in [-0.2, -0.15) is 5.10 Å². The van der Waals surface area contributed by atoms with Crippen molar-refractivity contribution < 1.29 is 4.79 Å². The normalized spacial score (nSPS) is 11.4. The number of benzene rings is 2. The Balaban J connectivity index is 1.57. The van der Waals surface area contributed by atoms with Gasteiger partial charge in [-0.1, -0.05) is 41.9 Å². The van der Waals surface area contributed by atoms with E-state index in [2.05, 4.69) is 25.1 Å². The third-order valence-electron chi connectivity index (χ3n) is 4.88. The highest BCUT2D eigenvalue weighted by Gasteiger charge is 2.17. The van der Waals surface area contributed by atoms with Crippen LogP contribution in [0, 0.1) is 6.92 Å². The number of Topliss-reactive ketones (excluding diaryl/α,β-unsaturated/α-hetero) is 1.